The summed E-state index contributed by atoms with van der Waals surface area (Å²) in [6.45, 7) is 10.6. The molecule has 2 aromatic carbocycles. The van der Waals surface area contributed by atoms with Gasteiger partial charge in [0, 0.05) is 57.3 Å². The van der Waals surface area contributed by atoms with Gasteiger partial charge in [0.25, 0.3) is 5.91 Å². The lowest BCUT2D eigenvalue weighted by Gasteiger charge is -2.24. The van der Waals surface area contributed by atoms with Gasteiger partial charge in [-0.15, -0.1) is 0 Å². The molecule has 0 atom stereocenters. The van der Waals surface area contributed by atoms with E-state index in [4.69, 9.17) is 16.3 Å². The SMILES string of the molecule is COc1c(NSC)cc(C(C)(C)C)cc1NC(=O)c1ccc(C)c(N(N)/C=C(\N)Cc2cnc(C3(C)CC3)n2C)c1.O.O.[HH].[HH]. The highest BCUT2D eigenvalue weighted by atomic mass is 32.2. The van der Waals surface area contributed by atoms with Gasteiger partial charge >= 0.3 is 0 Å². The summed E-state index contributed by atoms with van der Waals surface area (Å²) in [6, 6.07) is 9.44. The maximum Gasteiger partial charge on any atom is 0.255 e. The minimum atomic E-state index is -0.271. The highest BCUT2D eigenvalue weighted by molar-refractivity contribution is 7.99. The minimum Gasteiger partial charge on any atom is -0.492 e. The number of aryl methyl sites for hydroxylation is 1. The number of nitrogens with one attached hydrogen (secondary N) is 2. The molecule has 0 radical (unpaired) electrons. The number of amides is 1. The fraction of sp³-hybridized carbons (Fsp3) is 0.419. The van der Waals surface area contributed by atoms with Gasteiger partial charge < -0.3 is 36.0 Å². The number of anilines is 3. The molecule has 12 heteroatoms. The zero-order chi connectivity index (χ0) is 30.1. The minimum absolute atomic E-state index is 0. The molecule has 4 rings (SSSR count). The summed E-state index contributed by atoms with van der Waals surface area (Å²) in [5, 5.41) is 4.53. The Morgan fingerprint density at radius 2 is 1.88 bits per heavy atom. The molecule has 1 aliphatic rings. The second-order valence-electron chi connectivity index (χ2n) is 12.1. The fourth-order valence-electron chi connectivity index (χ4n) is 4.87. The third kappa shape index (κ3) is 7.82. The Labute approximate surface area is 261 Å². The summed E-state index contributed by atoms with van der Waals surface area (Å²) in [5.41, 5.74) is 12.6. The van der Waals surface area contributed by atoms with Gasteiger partial charge in [0.1, 0.15) is 5.82 Å². The molecule has 1 aliphatic carbocycles. The molecule has 0 bridgehead atoms. The lowest BCUT2D eigenvalue weighted by Crippen LogP contribution is -2.27. The van der Waals surface area contributed by atoms with Gasteiger partial charge in [-0.25, -0.2) is 10.8 Å². The van der Waals surface area contributed by atoms with Gasteiger partial charge in [0.2, 0.25) is 0 Å². The highest BCUT2D eigenvalue weighted by Gasteiger charge is 2.42. The summed E-state index contributed by atoms with van der Waals surface area (Å²) in [4.78, 5) is 18.1. The highest BCUT2D eigenvalue weighted by Crippen LogP contribution is 2.46. The van der Waals surface area contributed by atoms with Crippen molar-refractivity contribution < 1.29 is 23.3 Å². The van der Waals surface area contributed by atoms with Crippen molar-refractivity contribution in [1.82, 2.24) is 9.55 Å². The van der Waals surface area contributed by atoms with Crippen molar-refractivity contribution in [1.29, 1.82) is 0 Å². The average Bonchev–Trinajstić information content (AvgIpc) is 3.54. The Bertz CT molecular complexity index is 1490. The Hall–Kier alpha value is -3.71. The Kier molecular flexibility index (Phi) is 11.3. The van der Waals surface area contributed by atoms with Crippen LogP contribution in [0.4, 0.5) is 17.1 Å². The van der Waals surface area contributed by atoms with Crippen molar-refractivity contribution in [2.75, 3.05) is 28.4 Å². The van der Waals surface area contributed by atoms with E-state index in [-0.39, 0.29) is 30.5 Å². The summed E-state index contributed by atoms with van der Waals surface area (Å²) >= 11 is 1.46. The number of aromatic nitrogens is 2. The van der Waals surface area contributed by atoms with E-state index < -0.39 is 0 Å². The molecule has 1 heterocycles. The van der Waals surface area contributed by atoms with Crippen molar-refractivity contribution in [3.63, 3.8) is 0 Å². The molecule has 0 saturated heterocycles. The van der Waals surface area contributed by atoms with Crippen LogP contribution in [0.15, 0.2) is 48.4 Å². The summed E-state index contributed by atoms with van der Waals surface area (Å²) in [6.07, 6.45) is 8.37. The number of methoxy groups -OCH3 is 1. The van der Waals surface area contributed by atoms with E-state index in [1.807, 2.05) is 38.6 Å². The fourth-order valence-corrected chi connectivity index (χ4v) is 5.24. The molecule has 1 amide bonds. The van der Waals surface area contributed by atoms with Crippen molar-refractivity contribution in [2.24, 2.45) is 18.6 Å². The number of allylic oxidation sites excluding steroid dienone is 1. The van der Waals surface area contributed by atoms with E-state index in [2.05, 4.69) is 53.4 Å². The van der Waals surface area contributed by atoms with Crippen LogP contribution in [0.2, 0.25) is 0 Å². The first kappa shape index (κ1) is 35.5. The van der Waals surface area contributed by atoms with Gasteiger partial charge in [-0.3, -0.25) is 9.80 Å². The summed E-state index contributed by atoms with van der Waals surface area (Å²) in [5.74, 6) is 7.85. The molecule has 43 heavy (non-hydrogen) atoms. The molecular weight excluding hydrogens is 566 g/mol. The number of ether oxygens (including phenoxy) is 1. The third-order valence-corrected chi connectivity index (χ3v) is 8.11. The molecule has 3 aromatic rings. The Morgan fingerprint density at radius 3 is 2.47 bits per heavy atom. The number of rotatable bonds is 10. The van der Waals surface area contributed by atoms with Gasteiger partial charge in [-0.1, -0.05) is 45.7 Å². The number of imidazole rings is 1. The van der Waals surface area contributed by atoms with Crippen LogP contribution in [0, 0.1) is 6.92 Å². The topological polar surface area (TPSA) is 186 Å². The smallest absolute Gasteiger partial charge is 0.255 e. The number of hydrazine groups is 1. The number of carbonyl (C=O) groups is 1. The van der Waals surface area contributed by atoms with Crippen LogP contribution in [0.25, 0.3) is 0 Å². The van der Waals surface area contributed by atoms with E-state index in [1.165, 1.54) is 17.0 Å². The first-order chi connectivity index (χ1) is 19.3. The van der Waals surface area contributed by atoms with E-state index in [0.29, 0.717) is 34.8 Å². The van der Waals surface area contributed by atoms with Gasteiger partial charge in [0.15, 0.2) is 5.75 Å². The maximum absolute atomic E-state index is 13.5. The zero-order valence-corrected chi connectivity index (χ0v) is 27.2. The van der Waals surface area contributed by atoms with Gasteiger partial charge in [0.05, 0.1) is 24.2 Å². The molecule has 11 nitrogen and oxygen atoms in total. The summed E-state index contributed by atoms with van der Waals surface area (Å²) in [7, 11) is 3.63. The maximum atomic E-state index is 13.5. The largest absolute Gasteiger partial charge is 0.492 e. The predicted octanol–water partition coefficient (Wildman–Crippen LogP) is 4.59. The second kappa shape index (κ2) is 13.7. The predicted molar refractivity (Wildman–Crippen MR) is 182 cm³/mol. The Morgan fingerprint density at radius 1 is 1.23 bits per heavy atom. The molecule has 0 aliphatic heterocycles. The van der Waals surface area contributed by atoms with Crippen molar-refractivity contribution in [3.8, 4) is 5.75 Å². The van der Waals surface area contributed by atoms with Gasteiger partial charge in [-0.05, 0) is 60.6 Å². The second-order valence-corrected chi connectivity index (χ2v) is 12.7. The average molecular weight is 618 g/mol. The Balaban J connectivity index is 0.00000484. The van der Waals surface area contributed by atoms with Crippen LogP contribution >= 0.6 is 11.9 Å². The molecule has 0 unspecified atom stereocenters. The number of hydrogen-bond donors (Lipinski definition) is 4. The third-order valence-electron chi connectivity index (χ3n) is 7.68. The van der Waals surface area contributed by atoms with Crippen LogP contribution in [-0.2, 0) is 24.3 Å². The van der Waals surface area contributed by atoms with Crippen LogP contribution in [0.1, 0.15) is 76.4 Å². The van der Waals surface area contributed by atoms with Gasteiger partial charge in [-0.2, -0.15) is 0 Å². The van der Waals surface area contributed by atoms with Crippen LogP contribution < -0.4 is 31.4 Å². The van der Waals surface area contributed by atoms with Crippen LogP contribution in [0.5, 0.6) is 5.75 Å². The monoisotopic (exact) mass is 617 g/mol. The molecule has 1 fully saturated rings. The lowest BCUT2D eigenvalue weighted by atomic mass is 9.86. The number of hydrogen-bond acceptors (Lipinski definition) is 8. The first-order valence-corrected chi connectivity index (χ1v) is 14.9. The molecule has 240 valence electrons. The van der Waals surface area contributed by atoms with E-state index >= 15 is 0 Å². The van der Waals surface area contributed by atoms with E-state index in [0.717, 1.165) is 41.2 Å². The number of nitrogens with zero attached hydrogens (tertiary/aromatic N) is 3. The standard InChI is InChI=1S/C31H43N7O2S.2H2O.2H2/c1-19-9-10-20(28(39)35-24-14-21(30(2,3)4)15-25(36-41-8)27(24)40-7)13-26(19)38(33)18-22(32)16-23-17-34-29(37(23)6)31(5)11-12-31;;;;/h9-10,13-15,17-18,36H,11-12,16,32-33H2,1-8H3,(H,35,39);2*1H2;2*1H/b22-18-;;;;. The quantitative estimate of drug-likeness (QED) is 0.144. The van der Waals surface area contributed by atoms with E-state index in [9.17, 15) is 4.79 Å². The summed E-state index contributed by atoms with van der Waals surface area (Å²) < 4.78 is 11.1. The number of benzene rings is 2. The molecule has 1 aromatic heterocycles. The number of nitrogens with two attached hydrogens (primary N) is 2. The molecular formula is C31H51N7O4S. The first-order valence-electron chi connectivity index (χ1n) is 13.7. The van der Waals surface area contributed by atoms with Crippen molar-refractivity contribution in [3.05, 3.63) is 76.6 Å². The van der Waals surface area contributed by atoms with Crippen LogP contribution in [-0.4, -0.2) is 39.8 Å². The van der Waals surface area contributed by atoms with Crippen molar-refractivity contribution in [2.45, 2.75) is 64.7 Å². The lowest BCUT2D eigenvalue weighted by molar-refractivity contribution is 0.102. The van der Waals surface area contributed by atoms with Crippen LogP contribution in [0.3, 0.4) is 0 Å². The van der Waals surface area contributed by atoms with E-state index in [1.54, 1.807) is 25.4 Å². The normalized spacial score (nSPS) is 13.8. The molecule has 0 spiro atoms. The van der Waals surface area contributed by atoms with Crippen molar-refractivity contribution >= 4 is 34.9 Å². The molecule has 1 saturated carbocycles. The zero-order valence-electron chi connectivity index (χ0n) is 26.4. The number of carbonyl (C=O) groups excluding carboxylic acids is 1. The molecule has 10 N–H and O–H groups in total.